The summed E-state index contributed by atoms with van der Waals surface area (Å²) in [6, 6.07) is 4.81. The maximum Gasteiger partial charge on any atom is 0.416 e. The van der Waals surface area contributed by atoms with Crippen molar-refractivity contribution in [2.45, 2.75) is 19.5 Å². The van der Waals surface area contributed by atoms with E-state index in [9.17, 15) is 18.0 Å². The monoisotopic (exact) mass is 232 g/mol. The summed E-state index contributed by atoms with van der Waals surface area (Å²) in [6.07, 6.45) is -4.29. The van der Waals surface area contributed by atoms with Crippen LogP contribution in [0.4, 0.5) is 13.2 Å². The van der Waals surface area contributed by atoms with E-state index >= 15 is 0 Å². The molecule has 0 spiro atoms. The van der Waals surface area contributed by atoms with Gasteiger partial charge in [0, 0.05) is 6.42 Å². The van der Waals surface area contributed by atoms with E-state index in [2.05, 4.69) is 0 Å². The number of rotatable bonds is 2. The molecule has 0 aliphatic carbocycles. The van der Waals surface area contributed by atoms with Gasteiger partial charge in [-0.3, -0.25) is 4.79 Å². The van der Waals surface area contributed by atoms with Gasteiger partial charge in [0.15, 0.2) is 0 Å². The Balaban J connectivity index is 0.00000106. The van der Waals surface area contributed by atoms with E-state index in [4.69, 9.17) is 4.79 Å². The van der Waals surface area contributed by atoms with Crippen LogP contribution in [0.2, 0.25) is 0 Å². The summed E-state index contributed by atoms with van der Waals surface area (Å²) in [5.74, 6) is -0.149. The zero-order valence-electron chi connectivity index (χ0n) is 8.67. The van der Waals surface area contributed by atoms with Crippen molar-refractivity contribution in [3.63, 3.8) is 0 Å². The number of carbonyl (C=O) groups excluding carboxylic acids is 2. The minimum Gasteiger partial charge on any atom is -0.307 e. The molecule has 0 amide bonds. The molecule has 0 heterocycles. The summed E-state index contributed by atoms with van der Waals surface area (Å²) >= 11 is 0. The number of halogens is 3. The number of benzene rings is 1. The normalized spacial score (nSPS) is 10.2. The summed E-state index contributed by atoms with van der Waals surface area (Å²) in [6.45, 7) is 3.35. The first-order valence-electron chi connectivity index (χ1n) is 4.34. The van der Waals surface area contributed by atoms with E-state index in [1.807, 2.05) is 6.79 Å². The van der Waals surface area contributed by atoms with Crippen molar-refractivity contribution in [1.29, 1.82) is 0 Å². The largest absolute Gasteiger partial charge is 0.416 e. The predicted molar refractivity (Wildman–Crippen MR) is 53.0 cm³/mol. The Morgan fingerprint density at radius 1 is 1.31 bits per heavy atom. The Labute approximate surface area is 91.1 Å². The van der Waals surface area contributed by atoms with Crippen LogP contribution in [-0.4, -0.2) is 12.6 Å². The highest BCUT2D eigenvalue weighted by Crippen LogP contribution is 2.29. The average Bonchev–Trinajstić information content (AvgIpc) is 2.19. The molecule has 0 radical (unpaired) electrons. The number of alkyl halides is 3. The summed E-state index contributed by atoms with van der Waals surface area (Å²) in [4.78, 5) is 18.7. The van der Waals surface area contributed by atoms with E-state index in [-0.39, 0.29) is 12.2 Å². The molecule has 0 aliphatic heterocycles. The second-order valence-corrected chi connectivity index (χ2v) is 3.08. The molecule has 0 aliphatic rings. The van der Waals surface area contributed by atoms with Gasteiger partial charge in [0.05, 0.1) is 5.56 Å². The number of carbonyl (C=O) groups is 2. The van der Waals surface area contributed by atoms with Crippen LogP contribution < -0.4 is 0 Å². The van der Waals surface area contributed by atoms with E-state index in [1.54, 1.807) is 0 Å². The minimum atomic E-state index is -4.34. The average molecular weight is 232 g/mol. The molecule has 0 N–H and O–H groups in total. The van der Waals surface area contributed by atoms with Crippen molar-refractivity contribution < 1.29 is 22.8 Å². The van der Waals surface area contributed by atoms with Gasteiger partial charge in [0.2, 0.25) is 0 Å². The SMILES string of the molecule is C=O.CC(=O)Cc1cccc(C(F)(F)F)c1. The molecule has 16 heavy (non-hydrogen) atoms. The van der Waals surface area contributed by atoms with Crippen molar-refractivity contribution in [2.75, 3.05) is 0 Å². The van der Waals surface area contributed by atoms with Gasteiger partial charge in [-0.25, -0.2) is 0 Å². The zero-order chi connectivity index (χ0) is 12.8. The van der Waals surface area contributed by atoms with Crippen molar-refractivity contribution in [1.82, 2.24) is 0 Å². The Kier molecular flexibility index (Phi) is 5.42. The molecule has 0 aromatic heterocycles. The van der Waals surface area contributed by atoms with Gasteiger partial charge < -0.3 is 4.79 Å². The van der Waals surface area contributed by atoms with Crippen LogP contribution in [0.1, 0.15) is 18.1 Å². The highest BCUT2D eigenvalue weighted by Gasteiger charge is 2.30. The molecule has 0 bridgehead atoms. The molecule has 5 heteroatoms. The first-order chi connectivity index (χ1) is 7.39. The van der Waals surface area contributed by atoms with Gasteiger partial charge in [-0.05, 0) is 18.6 Å². The lowest BCUT2D eigenvalue weighted by Gasteiger charge is -2.07. The summed E-state index contributed by atoms with van der Waals surface area (Å²) in [5.41, 5.74) is -0.316. The Hall–Kier alpha value is -1.65. The molecule has 0 saturated heterocycles. The van der Waals surface area contributed by atoms with Crippen molar-refractivity contribution in [3.8, 4) is 0 Å². The fraction of sp³-hybridized carbons (Fsp3) is 0.273. The molecule has 1 aromatic rings. The molecule has 1 rings (SSSR count). The Morgan fingerprint density at radius 2 is 1.88 bits per heavy atom. The molecule has 0 fully saturated rings. The molecule has 0 atom stereocenters. The number of Topliss-reactive ketones (excluding diaryl/α,β-unsaturated/α-hetero) is 1. The smallest absolute Gasteiger partial charge is 0.307 e. The molecule has 2 nitrogen and oxygen atoms in total. The van der Waals surface area contributed by atoms with Crippen molar-refractivity contribution in [3.05, 3.63) is 35.4 Å². The third-order valence-corrected chi connectivity index (χ3v) is 1.71. The summed E-state index contributed by atoms with van der Waals surface area (Å²) in [5, 5.41) is 0. The topological polar surface area (TPSA) is 34.1 Å². The third-order valence-electron chi connectivity index (χ3n) is 1.71. The quantitative estimate of drug-likeness (QED) is 0.785. The van der Waals surface area contributed by atoms with Gasteiger partial charge in [0.1, 0.15) is 12.6 Å². The highest BCUT2D eigenvalue weighted by atomic mass is 19.4. The van der Waals surface area contributed by atoms with E-state index in [0.29, 0.717) is 5.56 Å². The Morgan fingerprint density at radius 3 is 2.31 bits per heavy atom. The standard InChI is InChI=1S/C10H9F3O.CH2O/c1-7(14)5-8-3-2-4-9(6-8)10(11,12)13;1-2/h2-4,6H,5H2,1H3;1H2. The fourth-order valence-electron chi connectivity index (χ4n) is 1.15. The second-order valence-electron chi connectivity index (χ2n) is 3.08. The molecule has 0 saturated carbocycles. The van der Waals surface area contributed by atoms with E-state index in [0.717, 1.165) is 12.1 Å². The number of hydrogen-bond donors (Lipinski definition) is 0. The maximum atomic E-state index is 12.2. The Bertz CT molecular complexity index is 358. The van der Waals surface area contributed by atoms with Crippen molar-refractivity contribution in [2.24, 2.45) is 0 Å². The van der Waals surface area contributed by atoms with Gasteiger partial charge in [0.25, 0.3) is 0 Å². The molecule has 0 unspecified atom stereocenters. The van der Waals surface area contributed by atoms with Crippen LogP contribution in [0.5, 0.6) is 0 Å². The maximum absolute atomic E-state index is 12.2. The van der Waals surface area contributed by atoms with E-state index < -0.39 is 11.7 Å². The lowest BCUT2D eigenvalue weighted by molar-refractivity contribution is -0.137. The second kappa shape index (κ2) is 6.05. The van der Waals surface area contributed by atoms with Crippen LogP contribution in [0, 0.1) is 0 Å². The van der Waals surface area contributed by atoms with Crippen LogP contribution in [0.25, 0.3) is 0 Å². The van der Waals surface area contributed by atoms with E-state index in [1.165, 1.54) is 19.1 Å². The van der Waals surface area contributed by atoms with Gasteiger partial charge in [-0.2, -0.15) is 13.2 Å². The number of hydrogen-bond acceptors (Lipinski definition) is 2. The van der Waals surface area contributed by atoms with Crippen LogP contribution in [0.15, 0.2) is 24.3 Å². The predicted octanol–water partition coefficient (Wildman–Crippen LogP) is 2.65. The molecular formula is C11H11F3O2. The highest BCUT2D eigenvalue weighted by molar-refractivity contribution is 5.78. The molecule has 88 valence electrons. The summed E-state index contributed by atoms with van der Waals surface area (Å²) < 4.78 is 36.7. The number of ketones is 1. The molecule has 1 aromatic carbocycles. The van der Waals surface area contributed by atoms with Crippen LogP contribution in [0.3, 0.4) is 0 Å². The van der Waals surface area contributed by atoms with Crippen LogP contribution >= 0.6 is 0 Å². The fourth-order valence-corrected chi connectivity index (χ4v) is 1.15. The molecular weight excluding hydrogens is 221 g/mol. The van der Waals surface area contributed by atoms with Crippen molar-refractivity contribution >= 4 is 12.6 Å². The zero-order valence-corrected chi connectivity index (χ0v) is 8.67. The van der Waals surface area contributed by atoms with Gasteiger partial charge in [-0.15, -0.1) is 0 Å². The van der Waals surface area contributed by atoms with Crippen LogP contribution in [-0.2, 0) is 22.2 Å². The first kappa shape index (κ1) is 14.3. The summed E-state index contributed by atoms with van der Waals surface area (Å²) in [7, 11) is 0. The third kappa shape index (κ3) is 4.72. The lowest BCUT2D eigenvalue weighted by Crippen LogP contribution is -2.06. The first-order valence-corrected chi connectivity index (χ1v) is 4.34. The lowest BCUT2D eigenvalue weighted by atomic mass is 10.1. The van der Waals surface area contributed by atoms with Gasteiger partial charge >= 0.3 is 6.18 Å². The minimum absolute atomic E-state index is 0.0456. The van der Waals surface area contributed by atoms with Gasteiger partial charge in [-0.1, -0.05) is 18.2 Å².